The van der Waals surface area contributed by atoms with Gasteiger partial charge >= 0.3 is 0 Å². The van der Waals surface area contributed by atoms with Crippen molar-refractivity contribution in [2.75, 3.05) is 6.54 Å². The standard InChI is InChI=1S/C18H27N3O2.C2H6/c1-12(2)20-18(23)16-9-6-10-21(16)17(22)11-15(19)14-8-5-4-7-13(14)3;1-2/h4-5,7-8,12,15-16H,6,9-11,19H2,1-3H3,(H,20,23);1-2H3/t15?,16-;/m0./s1. The average molecular weight is 348 g/mol. The van der Waals surface area contributed by atoms with E-state index in [-0.39, 0.29) is 36.4 Å². The molecule has 1 aliphatic rings. The largest absolute Gasteiger partial charge is 0.352 e. The Bertz CT molecular complexity index is 572. The molecule has 1 fully saturated rings. The third-order valence-corrected chi connectivity index (χ3v) is 4.29. The van der Waals surface area contributed by atoms with Gasteiger partial charge in [0, 0.05) is 25.0 Å². The topological polar surface area (TPSA) is 75.4 Å². The van der Waals surface area contributed by atoms with Crippen molar-refractivity contribution >= 4 is 11.8 Å². The van der Waals surface area contributed by atoms with Crippen LogP contribution in [0.25, 0.3) is 0 Å². The minimum absolute atomic E-state index is 0.0397. The fourth-order valence-electron chi connectivity index (χ4n) is 3.14. The molecule has 1 unspecified atom stereocenters. The molecule has 1 aromatic rings. The van der Waals surface area contributed by atoms with E-state index in [0.717, 1.165) is 24.0 Å². The molecule has 0 radical (unpaired) electrons. The quantitative estimate of drug-likeness (QED) is 0.860. The maximum Gasteiger partial charge on any atom is 0.243 e. The number of likely N-dealkylation sites (tertiary alicyclic amines) is 1. The Labute approximate surface area is 152 Å². The molecule has 0 aromatic heterocycles. The molecule has 2 amide bonds. The van der Waals surface area contributed by atoms with Crippen LogP contribution in [0.5, 0.6) is 0 Å². The predicted octanol–water partition coefficient (Wildman–Crippen LogP) is 2.93. The Kier molecular flexibility index (Phi) is 8.62. The Balaban J connectivity index is 0.00000151. The van der Waals surface area contributed by atoms with Crippen LogP contribution in [-0.2, 0) is 9.59 Å². The van der Waals surface area contributed by atoms with E-state index in [1.165, 1.54) is 0 Å². The molecule has 25 heavy (non-hydrogen) atoms. The van der Waals surface area contributed by atoms with E-state index in [0.29, 0.717) is 6.54 Å². The second-order valence-corrected chi connectivity index (χ2v) is 6.58. The monoisotopic (exact) mass is 347 g/mol. The van der Waals surface area contributed by atoms with Crippen molar-refractivity contribution in [2.24, 2.45) is 5.73 Å². The van der Waals surface area contributed by atoms with Gasteiger partial charge in [-0.25, -0.2) is 0 Å². The smallest absolute Gasteiger partial charge is 0.243 e. The maximum absolute atomic E-state index is 12.6. The third kappa shape index (κ3) is 5.85. The Morgan fingerprint density at radius 3 is 2.52 bits per heavy atom. The number of nitrogens with one attached hydrogen (secondary N) is 1. The molecule has 1 heterocycles. The SMILES string of the molecule is CC.Cc1ccccc1C(N)CC(=O)N1CCC[C@H]1C(=O)NC(C)C. The predicted molar refractivity (Wildman–Crippen MR) is 102 cm³/mol. The number of aryl methyl sites for hydroxylation is 1. The first-order chi connectivity index (χ1) is 11.9. The summed E-state index contributed by atoms with van der Waals surface area (Å²) in [5, 5.41) is 2.90. The molecule has 0 saturated carbocycles. The van der Waals surface area contributed by atoms with Gasteiger partial charge in [-0.2, -0.15) is 0 Å². The van der Waals surface area contributed by atoms with Gasteiger partial charge in [0.15, 0.2) is 0 Å². The number of hydrogen-bond donors (Lipinski definition) is 2. The molecule has 2 atom stereocenters. The first-order valence-electron chi connectivity index (χ1n) is 9.31. The molecule has 1 saturated heterocycles. The summed E-state index contributed by atoms with van der Waals surface area (Å²) in [5.74, 6) is -0.0996. The zero-order valence-corrected chi connectivity index (χ0v) is 16.2. The number of carbonyl (C=O) groups excluding carboxylic acids is 2. The molecule has 1 aromatic carbocycles. The Morgan fingerprint density at radius 2 is 1.92 bits per heavy atom. The lowest BCUT2D eigenvalue weighted by atomic mass is 9.99. The summed E-state index contributed by atoms with van der Waals surface area (Å²) in [6, 6.07) is 7.23. The highest BCUT2D eigenvalue weighted by atomic mass is 16.2. The number of rotatable bonds is 5. The number of benzene rings is 1. The van der Waals surface area contributed by atoms with Gasteiger partial charge in [-0.3, -0.25) is 9.59 Å². The molecule has 5 nitrogen and oxygen atoms in total. The fourth-order valence-corrected chi connectivity index (χ4v) is 3.14. The van der Waals surface area contributed by atoms with E-state index in [9.17, 15) is 9.59 Å². The lowest BCUT2D eigenvalue weighted by molar-refractivity contribution is -0.138. The van der Waals surface area contributed by atoms with Gasteiger partial charge in [-0.1, -0.05) is 38.1 Å². The van der Waals surface area contributed by atoms with E-state index >= 15 is 0 Å². The lowest BCUT2D eigenvalue weighted by Gasteiger charge is -2.26. The first kappa shape index (κ1) is 21.2. The van der Waals surface area contributed by atoms with Crippen LogP contribution in [0, 0.1) is 6.92 Å². The van der Waals surface area contributed by atoms with Crippen LogP contribution >= 0.6 is 0 Å². The molecule has 0 aliphatic carbocycles. The highest BCUT2D eigenvalue weighted by Crippen LogP contribution is 2.23. The van der Waals surface area contributed by atoms with Crippen molar-refractivity contribution in [1.29, 1.82) is 0 Å². The summed E-state index contributed by atoms with van der Waals surface area (Å²) in [6.45, 7) is 10.5. The van der Waals surface area contributed by atoms with Crippen LogP contribution in [0.4, 0.5) is 0 Å². The molecule has 0 spiro atoms. The van der Waals surface area contributed by atoms with Crippen molar-refractivity contribution in [3.05, 3.63) is 35.4 Å². The van der Waals surface area contributed by atoms with E-state index in [1.807, 2.05) is 58.9 Å². The average Bonchev–Trinajstić information content (AvgIpc) is 3.06. The molecule has 3 N–H and O–H groups in total. The van der Waals surface area contributed by atoms with Crippen LogP contribution < -0.4 is 11.1 Å². The zero-order chi connectivity index (χ0) is 19.0. The van der Waals surface area contributed by atoms with Crippen molar-refractivity contribution in [3.8, 4) is 0 Å². The molecular formula is C20H33N3O2. The summed E-state index contributed by atoms with van der Waals surface area (Å²) >= 11 is 0. The van der Waals surface area contributed by atoms with Crippen molar-refractivity contribution in [3.63, 3.8) is 0 Å². The number of carbonyl (C=O) groups is 2. The van der Waals surface area contributed by atoms with Crippen LogP contribution in [-0.4, -0.2) is 35.3 Å². The van der Waals surface area contributed by atoms with Gasteiger partial charge < -0.3 is 16.0 Å². The summed E-state index contributed by atoms with van der Waals surface area (Å²) in [7, 11) is 0. The first-order valence-corrected chi connectivity index (χ1v) is 9.31. The number of nitrogens with two attached hydrogens (primary N) is 1. The molecule has 5 heteroatoms. The fraction of sp³-hybridized carbons (Fsp3) is 0.600. The normalized spacial score (nSPS) is 17.7. The third-order valence-electron chi connectivity index (χ3n) is 4.29. The Hall–Kier alpha value is -1.88. The summed E-state index contributed by atoms with van der Waals surface area (Å²) in [4.78, 5) is 26.5. The zero-order valence-electron chi connectivity index (χ0n) is 16.2. The van der Waals surface area contributed by atoms with Gasteiger partial charge in [-0.15, -0.1) is 0 Å². The van der Waals surface area contributed by atoms with E-state index in [2.05, 4.69) is 5.32 Å². The van der Waals surface area contributed by atoms with Crippen LogP contribution in [0.15, 0.2) is 24.3 Å². The van der Waals surface area contributed by atoms with E-state index in [1.54, 1.807) is 4.90 Å². The van der Waals surface area contributed by atoms with Crippen LogP contribution in [0.1, 0.15) is 64.1 Å². The van der Waals surface area contributed by atoms with Crippen LogP contribution in [0.2, 0.25) is 0 Å². The lowest BCUT2D eigenvalue weighted by Crippen LogP contribution is -2.48. The van der Waals surface area contributed by atoms with Crippen molar-refractivity contribution in [2.45, 2.75) is 72.0 Å². The van der Waals surface area contributed by atoms with E-state index in [4.69, 9.17) is 5.73 Å². The Morgan fingerprint density at radius 1 is 1.28 bits per heavy atom. The molecular weight excluding hydrogens is 314 g/mol. The van der Waals surface area contributed by atoms with Gasteiger partial charge in [0.2, 0.25) is 11.8 Å². The summed E-state index contributed by atoms with van der Waals surface area (Å²) in [6.07, 6.45) is 1.82. The van der Waals surface area contributed by atoms with Crippen molar-refractivity contribution in [1.82, 2.24) is 10.2 Å². The summed E-state index contributed by atoms with van der Waals surface area (Å²) in [5.41, 5.74) is 8.29. The molecule has 2 rings (SSSR count). The van der Waals surface area contributed by atoms with Crippen LogP contribution in [0.3, 0.4) is 0 Å². The van der Waals surface area contributed by atoms with Gasteiger partial charge in [0.1, 0.15) is 6.04 Å². The van der Waals surface area contributed by atoms with Crippen molar-refractivity contribution < 1.29 is 9.59 Å². The number of nitrogens with zero attached hydrogens (tertiary/aromatic N) is 1. The molecule has 0 bridgehead atoms. The maximum atomic E-state index is 12.6. The molecule has 140 valence electrons. The highest BCUT2D eigenvalue weighted by Gasteiger charge is 2.34. The second-order valence-electron chi connectivity index (χ2n) is 6.58. The van der Waals surface area contributed by atoms with Gasteiger partial charge in [0.25, 0.3) is 0 Å². The van der Waals surface area contributed by atoms with Gasteiger partial charge in [-0.05, 0) is 44.7 Å². The number of amides is 2. The number of hydrogen-bond acceptors (Lipinski definition) is 3. The molecule has 1 aliphatic heterocycles. The minimum atomic E-state index is -0.353. The van der Waals surface area contributed by atoms with Gasteiger partial charge in [0.05, 0.1) is 0 Å². The minimum Gasteiger partial charge on any atom is -0.352 e. The highest BCUT2D eigenvalue weighted by molar-refractivity contribution is 5.88. The summed E-state index contributed by atoms with van der Waals surface area (Å²) < 4.78 is 0. The second kappa shape index (κ2) is 10.2. The van der Waals surface area contributed by atoms with E-state index < -0.39 is 0 Å².